The Labute approximate surface area is 142 Å². The number of carbonyl (C=O) groups excluding carboxylic acids is 2. The van der Waals surface area contributed by atoms with Gasteiger partial charge in [-0.1, -0.05) is 29.8 Å². The molecule has 0 aromatic heterocycles. The lowest BCUT2D eigenvalue weighted by atomic mass is 9.86. The Hall–Kier alpha value is -1.55. The van der Waals surface area contributed by atoms with E-state index in [1.807, 2.05) is 39.0 Å². The van der Waals surface area contributed by atoms with Crippen molar-refractivity contribution < 1.29 is 14.3 Å². The van der Waals surface area contributed by atoms with Crippen LogP contribution in [0.25, 0.3) is 0 Å². The predicted molar refractivity (Wildman–Crippen MR) is 90.8 cm³/mol. The third-order valence-electron chi connectivity index (χ3n) is 4.00. The summed E-state index contributed by atoms with van der Waals surface area (Å²) in [4.78, 5) is 26.0. The number of nitrogens with zero attached hydrogens (tertiary/aromatic N) is 1. The summed E-state index contributed by atoms with van der Waals surface area (Å²) in [5.41, 5.74) is 0.213. The third-order valence-corrected chi connectivity index (χ3v) is 4.35. The van der Waals surface area contributed by atoms with Crippen molar-refractivity contribution in [2.24, 2.45) is 0 Å². The van der Waals surface area contributed by atoms with Gasteiger partial charge in [-0.15, -0.1) is 0 Å². The van der Waals surface area contributed by atoms with Gasteiger partial charge in [-0.05, 0) is 51.7 Å². The van der Waals surface area contributed by atoms with E-state index in [0.29, 0.717) is 11.6 Å². The minimum absolute atomic E-state index is 0.212. The number of likely N-dealkylation sites (tertiary alicyclic amines) is 1. The van der Waals surface area contributed by atoms with E-state index in [1.165, 1.54) is 0 Å². The van der Waals surface area contributed by atoms with Gasteiger partial charge in [0.2, 0.25) is 0 Å². The van der Waals surface area contributed by atoms with Gasteiger partial charge in [-0.25, -0.2) is 4.79 Å². The van der Waals surface area contributed by atoms with Gasteiger partial charge in [0.1, 0.15) is 11.9 Å². The lowest BCUT2D eigenvalue weighted by molar-refractivity contribution is -0.110. The van der Waals surface area contributed by atoms with Crippen LogP contribution >= 0.6 is 11.6 Å². The number of aldehydes is 1. The first-order valence-corrected chi connectivity index (χ1v) is 8.40. The molecule has 0 aliphatic carbocycles. The molecule has 1 aliphatic rings. The Morgan fingerprint density at radius 2 is 2.04 bits per heavy atom. The van der Waals surface area contributed by atoms with Crippen LogP contribution in [0.5, 0.6) is 0 Å². The highest BCUT2D eigenvalue weighted by molar-refractivity contribution is 6.31. The van der Waals surface area contributed by atoms with Crippen LogP contribution in [0, 0.1) is 0 Å². The number of carbonyl (C=O) groups is 2. The second-order valence-corrected chi connectivity index (χ2v) is 7.33. The number of piperidine rings is 1. The second-order valence-electron chi connectivity index (χ2n) is 6.92. The molecule has 1 heterocycles. The first-order chi connectivity index (χ1) is 10.8. The fourth-order valence-corrected chi connectivity index (χ4v) is 3.26. The molecular formula is C18H24ClNO3. The summed E-state index contributed by atoms with van der Waals surface area (Å²) >= 11 is 6.26. The average molecular weight is 338 g/mol. The van der Waals surface area contributed by atoms with Crippen molar-refractivity contribution in [3.8, 4) is 0 Å². The normalized spacial score (nSPS) is 20.0. The van der Waals surface area contributed by atoms with Crippen LogP contribution in [0.2, 0.25) is 5.02 Å². The summed E-state index contributed by atoms with van der Waals surface area (Å²) in [5, 5.41) is 0.555. The van der Waals surface area contributed by atoms with E-state index < -0.39 is 11.5 Å². The smallest absolute Gasteiger partial charge is 0.410 e. The van der Waals surface area contributed by atoms with E-state index in [0.717, 1.165) is 31.1 Å². The molecule has 5 heteroatoms. The molecule has 23 heavy (non-hydrogen) atoms. The van der Waals surface area contributed by atoms with Gasteiger partial charge in [0.15, 0.2) is 0 Å². The first kappa shape index (κ1) is 17.8. The summed E-state index contributed by atoms with van der Waals surface area (Å²) in [6.45, 7) is 6.13. The van der Waals surface area contributed by atoms with Gasteiger partial charge in [0.05, 0.1) is 5.92 Å². The lowest BCUT2D eigenvalue weighted by Crippen LogP contribution is -2.49. The highest BCUT2D eigenvalue weighted by atomic mass is 35.5. The Morgan fingerprint density at radius 3 is 2.65 bits per heavy atom. The Balaban J connectivity index is 2.27. The van der Waals surface area contributed by atoms with Crippen LogP contribution in [0.3, 0.4) is 0 Å². The van der Waals surface area contributed by atoms with E-state index >= 15 is 0 Å². The minimum atomic E-state index is -0.555. The second kappa shape index (κ2) is 7.35. The summed E-state index contributed by atoms with van der Waals surface area (Å²) < 4.78 is 5.51. The Morgan fingerprint density at radius 1 is 1.35 bits per heavy atom. The van der Waals surface area contributed by atoms with Crippen LogP contribution in [-0.2, 0) is 9.53 Å². The standard InChI is InChI=1S/C18H24ClNO3/c1-18(2,3)23-17(22)20-11-7-6-10-16(20)14(12-21)13-8-4-5-9-15(13)19/h4-5,8-9,12,14,16H,6-7,10-11H2,1-3H3/t14-,16-/m1/s1. The zero-order valence-corrected chi connectivity index (χ0v) is 14.7. The van der Waals surface area contributed by atoms with E-state index in [1.54, 1.807) is 11.0 Å². The van der Waals surface area contributed by atoms with E-state index in [2.05, 4.69) is 0 Å². The fourth-order valence-electron chi connectivity index (χ4n) is 2.99. The van der Waals surface area contributed by atoms with Crippen molar-refractivity contribution in [3.05, 3.63) is 34.9 Å². The molecule has 0 bridgehead atoms. The molecule has 1 amide bonds. The fraction of sp³-hybridized carbons (Fsp3) is 0.556. The van der Waals surface area contributed by atoms with Crippen LogP contribution < -0.4 is 0 Å². The topological polar surface area (TPSA) is 46.6 Å². The van der Waals surface area contributed by atoms with Gasteiger partial charge in [0, 0.05) is 17.6 Å². The average Bonchev–Trinajstić information content (AvgIpc) is 2.48. The first-order valence-electron chi connectivity index (χ1n) is 8.03. The lowest BCUT2D eigenvalue weighted by Gasteiger charge is -2.39. The zero-order valence-electron chi connectivity index (χ0n) is 13.9. The Kier molecular flexibility index (Phi) is 5.69. The monoisotopic (exact) mass is 337 g/mol. The molecule has 2 atom stereocenters. The number of hydrogen-bond donors (Lipinski definition) is 0. The van der Waals surface area contributed by atoms with Crippen molar-refractivity contribution in [2.75, 3.05) is 6.54 Å². The van der Waals surface area contributed by atoms with Crippen molar-refractivity contribution >= 4 is 24.0 Å². The molecule has 1 aliphatic heterocycles. The molecule has 1 saturated heterocycles. The minimum Gasteiger partial charge on any atom is -0.444 e. The number of hydrogen-bond acceptors (Lipinski definition) is 3. The maximum absolute atomic E-state index is 12.5. The summed E-state index contributed by atoms with van der Waals surface area (Å²) in [5.74, 6) is -0.434. The molecule has 0 unspecified atom stereocenters. The number of amides is 1. The molecular weight excluding hydrogens is 314 g/mol. The quantitative estimate of drug-likeness (QED) is 0.767. The van der Waals surface area contributed by atoms with E-state index in [-0.39, 0.29) is 12.1 Å². The molecule has 0 N–H and O–H groups in total. The summed E-state index contributed by atoms with van der Waals surface area (Å²) in [6.07, 6.45) is 3.21. The summed E-state index contributed by atoms with van der Waals surface area (Å²) in [7, 11) is 0. The van der Waals surface area contributed by atoms with E-state index in [9.17, 15) is 9.59 Å². The van der Waals surface area contributed by atoms with Gasteiger partial charge in [0.25, 0.3) is 0 Å². The van der Waals surface area contributed by atoms with Crippen molar-refractivity contribution in [1.82, 2.24) is 4.90 Å². The largest absolute Gasteiger partial charge is 0.444 e. The van der Waals surface area contributed by atoms with Gasteiger partial charge in [-0.2, -0.15) is 0 Å². The van der Waals surface area contributed by atoms with Crippen LogP contribution in [0.1, 0.15) is 51.5 Å². The molecule has 0 saturated carbocycles. The van der Waals surface area contributed by atoms with Gasteiger partial charge >= 0.3 is 6.09 Å². The highest BCUT2D eigenvalue weighted by Gasteiger charge is 2.36. The van der Waals surface area contributed by atoms with Crippen molar-refractivity contribution in [3.63, 3.8) is 0 Å². The molecule has 0 radical (unpaired) electrons. The van der Waals surface area contributed by atoms with Crippen LogP contribution in [-0.4, -0.2) is 35.5 Å². The molecule has 4 nitrogen and oxygen atoms in total. The molecule has 1 aromatic rings. The zero-order chi connectivity index (χ0) is 17.0. The number of ether oxygens (including phenoxy) is 1. The number of rotatable bonds is 3. The maximum atomic E-state index is 12.5. The van der Waals surface area contributed by atoms with Crippen molar-refractivity contribution in [2.45, 2.75) is 57.6 Å². The molecule has 1 fully saturated rings. The maximum Gasteiger partial charge on any atom is 0.410 e. The van der Waals surface area contributed by atoms with Crippen molar-refractivity contribution in [1.29, 1.82) is 0 Å². The predicted octanol–water partition coefficient (Wildman–Crippen LogP) is 4.41. The van der Waals surface area contributed by atoms with Crippen LogP contribution in [0.15, 0.2) is 24.3 Å². The number of benzene rings is 1. The molecule has 126 valence electrons. The van der Waals surface area contributed by atoms with Gasteiger partial charge in [-0.3, -0.25) is 0 Å². The highest BCUT2D eigenvalue weighted by Crippen LogP contribution is 2.33. The SMILES string of the molecule is CC(C)(C)OC(=O)N1CCCC[C@@H]1[C@H](C=O)c1ccccc1Cl. The van der Waals surface area contributed by atoms with E-state index in [4.69, 9.17) is 16.3 Å². The molecule has 0 spiro atoms. The molecule has 2 rings (SSSR count). The number of halogens is 1. The Bertz CT molecular complexity index is 568. The summed E-state index contributed by atoms with van der Waals surface area (Å²) in [6, 6.07) is 7.10. The van der Waals surface area contributed by atoms with Gasteiger partial charge < -0.3 is 14.4 Å². The third kappa shape index (κ3) is 4.47. The molecule has 1 aromatic carbocycles. The van der Waals surface area contributed by atoms with Crippen LogP contribution in [0.4, 0.5) is 4.79 Å².